The summed E-state index contributed by atoms with van der Waals surface area (Å²) < 4.78 is 5.63. The molecule has 0 aromatic carbocycles. The van der Waals surface area contributed by atoms with Crippen LogP contribution in [-0.4, -0.2) is 66.7 Å². The van der Waals surface area contributed by atoms with Crippen LogP contribution in [0.1, 0.15) is 46.5 Å². The lowest BCUT2D eigenvalue weighted by molar-refractivity contribution is -0.177. The van der Waals surface area contributed by atoms with Gasteiger partial charge in [-0.15, -0.1) is 0 Å². The fourth-order valence-corrected chi connectivity index (χ4v) is 3.89. The molecule has 2 atom stereocenters. The minimum absolute atomic E-state index is 0.00745. The van der Waals surface area contributed by atoms with Crippen LogP contribution in [0.5, 0.6) is 0 Å². The molecular formula is C18H31N3O3. The Kier molecular flexibility index (Phi) is 4.53. The van der Waals surface area contributed by atoms with Crippen molar-refractivity contribution < 1.29 is 14.3 Å². The van der Waals surface area contributed by atoms with Gasteiger partial charge in [0.25, 0.3) is 0 Å². The molecule has 2 aliphatic carbocycles. The van der Waals surface area contributed by atoms with Crippen LogP contribution in [0.3, 0.4) is 0 Å². The normalized spacial score (nSPS) is 32.8. The molecule has 0 aromatic rings. The second-order valence-electron chi connectivity index (χ2n) is 8.30. The maximum Gasteiger partial charge on any atom is 0.317 e. The van der Waals surface area contributed by atoms with E-state index in [4.69, 9.17) is 4.74 Å². The minimum Gasteiger partial charge on any atom is -0.378 e. The third-order valence-electron chi connectivity index (χ3n) is 6.60. The summed E-state index contributed by atoms with van der Waals surface area (Å²) in [6, 6.07) is 0.120. The van der Waals surface area contributed by atoms with E-state index in [1.54, 1.807) is 7.11 Å². The van der Waals surface area contributed by atoms with Crippen molar-refractivity contribution in [1.29, 1.82) is 0 Å². The highest BCUT2D eigenvalue weighted by atomic mass is 16.5. The lowest BCUT2D eigenvalue weighted by Crippen LogP contribution is -2.69. The zero-order valence-electron chi connectivity index (χ0n) is 15.4. The van der Waals surface area contributed by atoms with Crippen molar-refractivity contribution in [1.82, 2.24) is 15.1 Å². The van der Waals surface area contributed by atoms with Crippen molar-refractivity contribution in [2.45, 2.75) is 58.1 Å². The van der Waals surface area contributed by atoms with Crippen LogP contribution in [0.4, 0.5) is 4.79 Å². The number of rotatable bonds is 3. The molecule has 3 fully saturated rings. The van der Waals surface area contributed by atoms with Crippen LogP contribution in [0.25, 0.3) is 0 Å². The lowest BCUT2D eigenvalue weighted by atomic mass is 9.56. The molecule has 0 aromatic heterocycles. The zero-order valence-corrected chi connectivity index (χ0v) is 15.4. The number of carbonyl (C=O) groups excluding carboxylic acids is 2. The Morgan fingerprint density at radius 2 is 1.67 bits per heavy atom. The first-order valence-electron chi connectivity index (χ1n) is 9.18. The molecule has 0 spiro atoms. The quantitative estimate of drug-likeness (QED) is 0.855. The lowest BCUT2D eigenvalue weighted by Gasteiger charge is -2.59. The summed E-state index contributed by atoms with van der Waals surface area (Å²) in [5.41, 5.74) is -0.269. The summed E-state index contributed by atoms with van der Waals surface area (Å²) in [5, 5.41) is 3.18. The Morgan fingerprint density at radius 3 is 2.25 bits per heavy atom. The molecule has 6 nitrogen and oxygen atoms in total. The number of ether oxygens (including phenoxy) is 1. The maximum absolute atomic E-state index is 12.6. The van der Waals surface area contributed by atoms with E-state index in [1.165, 1.54) is 0 Å². The molecule has 3 amide bonds. The summed E-state index contributed by atoms with van der Waals surface area (Å²) in [6.07, 6.45) is 3.77. The predicted octanol–water partition coefficient (Wildman–Crippen LogP) is 1.84. The molecule has 3 aliphatic rings. The average Bonchev–Trinajstić information content (AvgIpc) is 3.39. The van der Waals surface area contributed by atoms with Gasteiger partial charge in [-0.1, -0.05) is 13.8 Å². The fourth-order valence-electron chi connectivity index (χ4n) is 3.89. The first kappa shape index (κ1) is 17.5. The van der Waals surface area contributed by atoms with E-state index in [-0.39, 0.29) is 34.9 Å². The second-order valence-corrected chi connectivity index (χ2v) is 8.30. The van der Waals surface area contributed by atoms with Crippen molar-refractivity contribution in [3.8, 4) is 0 Å². The van der Waals surface area contributed by atoms with Gasteiger partial charge in [-0.05, 0) is 32.6 Å². The van der Waals surface area contributed by atoms with Crippen LogP contribution in [0, 0.1) is 11.3 Å². The summed E-state index contributed by atoms with van der Waals surface area (Å²) in [6.45, 7) is 9.16. The number of methoxy groups -OCH3 is 1. The summed E-state index contributed by atoms with van der Waals surface area (Å²) in [4.78, 5) is 28.6. The number of carbonyl (C=O) groups is 2. The molecule has 1 heterocycles. The number of hydrogen-bond acceptors (Lipinski definition) is 3. The van der Waals surface area contributed by atoms with Gasteiger partial charge in [-0.2, -0.15) is 0 Å². The standard InChI is InChI=1S/C18H31N3O3/c1-17(2)14(12-18(17,3)24-4)19-16(23)21-9-5-8-20(10-11-21)15(22)13-6-7-13/h13-14H,5-12H2,1-4H3,(H,19,23). The minimum atomic E-state index is -0.183. The molecule has 136 valence electrons. The topological polar surface area (TPSA) is 61.9 Å². The molecular weight excluding hydrogens is 306 g/mol. The number of amides is 3. The smallest absolute Gasteiger partial charge is 0.317 e. The molecule has 1 aliphatic heterocycles. The Labute approximate surface area is 144 Å². The summed E-state index contributed by atoms with van der Waals surface area (Å²) in [7, 11) is 1.74. The molecule has 2 unspecified atom stereocenters. The monoisotopic (exact) mass is 337 g/mol. The Morgan fingerprint density at radius 1 is 1.04 bits per heavy atom. The van der Waals surface area contributed by atoms with Crippen molar-refractivity contribution in [2.75, 3.05) is 33.3 Å². The van der Waals surface area contributed by atoms with Gasteiger partial charge in [0, 0.05) is 50.7 Å². The SMILES string of the molecule is COC1(C)CC(NC(=O)N2CCCN(C(=O)C3CC3)CC2)C1(C)C. The number of hydrogen-bond donors (Lipinski definition) is 1. The van der Waals surface area contributed by atoms with Gasteiger partial charge in [0.2, 0.25) is 5.91 Å². The zero-order chi connectivity index (χ0) is 17.5. The van der Waals surface area contributed by atoms with Crippen molar-refractivity contribution in [2.24, 2.45) is 11.3 Å². The van der Waals surface area contributed by atoms with Crippen LogP contribution in [-0.2, 0) is 9.53 Å². The average molecular weight is 337 g/mol. The highest BCUT2D eigenvalue weighted by Crippen LogP contribution is 2.51. The molecule has 1 saturated heterocycles. The second kappa shape index (κ2) is 6.21. The van der Waals surface area contributed by atoms with Crippen LogP contribution < -0.4 is 5.32 Å². The molecule has 2 saturated carbocycles. The van der Waals surface area contributed by atoms with Crippen LogP contribution in [0.2, 0.25) is 0 Å². The molecule has 0 bridgehead atoms. The highest BCUT2D eigenvalue weighted by molar-refractivity contribution is 5.81. The highest BCUT2D eigenvalue weighted by Gasteiger charge is 2.58. The Hall–Kier alpha value is -1.30. The molecule has 6 heteroatoms. The van der Waals surface area contributed by atoms with Crippen molar-refractivity contribution in [3.05, 3.63) is 0 Å². The first-order chi connectivity index (χ1) is 11.3. The Bertz CT molecular complexity index is 518. The summed E-state index contributed by atoms with van der Waals surface area (Å²) >= 11 is 0. The van der Waals surface area contributed by atoms with Gasteiger partial charge >= 0.3 is 6.03 Å². The fraction of sp³-hybridized carbons (Fsp3) is 0.889. The van der Waals surface area contributed by atoms with Gasteiger partial charge in [0.05, 0.1) is 5.60 Å². The van der Waals surface area contributed by atoms with Crippen molar-refractivity contribution in [3.63, 3.8) is 0 Å². The molecule has 24 heavy (non-hydrogen) atoms. The van der Waals surface area contributed by atoms with E-state index < -0.39 is 0 Å². The number of nitrogens with one attached hydrogen (secondary N) is 1. The van der Waals surface area contributed by atoms with Crippen LogP contribution in [0.15, 0.2) is 0 Å². The van der Waals surface area contributed by atoms with E-state index in [0.29, 0.717) is 13.1 Å². The van der Waals surface area contributed by atoms with Gasteiger partial charge in [-0.3, -0.25) is 4.79 Å². The van der Waals surface area contributed by atoms with E-state index in [1.807, 2.05) is 9.80 Å². The third-order valence-corrected chi connectivity index (χ3v) is 6.60. The largest absolute Gasteiger partial charge is 0.378 e. The van der Waals surface area contributed by atoms with Gasteiger partial charge in [0.1, 0.15) is 0 Å². The van der Waals surface area contributed by atoms with E-state index in [9.17, 15) is 9.59 Å². The van der Waals surface area contributed by atoms with Gasteiger partial charge in [0.15, 0.2) is 0 Å². The van der Waals surface area contributed by atoms with E-state index >= 15 is 0 Å². The van der Waals surface area contributed by atoms with Crippen LogP contribution >= 0.6 is 0 Å². The summed E-state index contributed by atoms with van der Waals surface area (Å²) in [5.74, 6) is 0.543. The third kappa shape index (κ3) is 3.01. The maximum atomic E-state index is 12.6. The number of nitrogens with zero attached hydrogens (tertiary/aromatic N) is 2. The van der Waals surface area contributed by atoms with E-state index in [2.05, 4.69) is 26.1 Å². The molecule has 3 rings (SSSR count). The van der Waals surface area contributed by atoms with Gasteiger partial charge in [-0.25, -0.2) is 4.79 Å². The first-order valence-corrected chi connectivity index (χ1v) is 9.18. The van der Waals surface area contributed by atoms with Gasteiger partial charge < -0.3 is 19.9 Å². The Balaban J connectivity index is 1.52. The van der Waals surface area contributed by atoms with Crippen molar-refractivity contribution >= 4 is 11.9 Å². The van der Waals surface area contributed by atoms with E-state index in [0.717, 1.165) is 38.8 Å². The predicted molar refractivity (Wildman–Crippen MR) is 91.6 cm³/mol. The molecule has 1 N–H and O–H groups in total. The number of urea groups is 1. The molecule has 0 radical (unpaired) electrons.